The van der Waals surface area contributed by atoms with Crippen molar-refractivity contribution in [2.24, 2.45) is 5.73 Å². The standard InChI is InChI=1S/C9H20N2O.ClH/c1-2-9(12)7-11-5-3-8(10)4-6-11;/h8-9,12H,2-7,10H2,1H3;1H. The zero-order valence-electron chi connectivity index (χ0n) is 8.28. The van der Waals surface area contributed by atoms with Crippen molar-refractivity contribution in [3.63, 3.8) is 0 Å². The van der Waals surface area contributed by atoms with Crippen molar-refractivity contribution in [2.75, 3.05) is 19.6 Å². The van der Waals surface area contributed by atoms with E-state index in [4.69, 9.17) is 5.73 Å². The fourth-order valence-electron chi connectivity index (χ4n) is 1.56. The topological polar surface area (TPSA) is 49.5 Å². The number of hydrogen-bond acceptors (Lipinski definition) is 3. The normalized spacial score (nSPS) is 22.4. The van der Waals surface area contributed by atoms with Gasteiger partial charge in [-0.25, -0.2) is 0 Å². The first-order valence-electron chi connectivity index (χ1n) is 4.88. The molecular weight excluding hydrogens is 188 g/mol. The minimum atomic E-state index is -0.153. The van der Waals surface area contributed by atoms with Gasteiger partial charge in [0.05, 0.1) is 6.10 Å². The van der Waals surface area contributed by atoms with Gasteiger partial charge in [-0.05, 0) is 32.4 Å². The molecule has 1 unspecified atom stereocenters. The number of nitrogens with zero attached hydrogens (tertiary/aromatic N) is 1. The van der Waals surface area contributed by atoms with Gasteiger partial charge in [0.2, 0.25) is 0 Å². The molecule has 1 fully saturated rings. The molecule has 3 N–H and O–H groups in total. The van der Waals surface area contributed by atoms with E-state index in [2.05, 4.69) is 4.90 Å². The first-order valence-corrected chi connectivity index (χ1v) is 4.88. The van der Waals surface area contributed by atoms with E-state index in [0.717, 1.165) is 38.9 Å². The van der Waals surface area contributed by atoms with Crippen LogP contribution in [0.2, 0.25) is 0 Å². The van der Waals surface area contributed by atoms with Gasteiger partial charge < -0.3 is 15.7 Å². The zero-order chi connectivity index (χ0) is 8.97. The fourth-order valence-corrected chi connectivity index (χ4v) is 1.56. The minimum absolute atomic E-state index is 0. The second-order valence-corrected chi connectivity index (χ2v) is 3.70. The summed E-state index contributed by atoms with van der Waals surface area (Å²) < 4.78 is 0. The predicted octanol–water partition coefficient (Wildman–Crippen LogP) is 0.602. The number of aliphatic hydroxyl groups is 1. The molecule has 1 aliphatic rings. The van der Waals surface area contributed by atoms with E-state index in [-0.39, 0.29) is 18.5 Å². The highest BCUT2D eigenvalue weighted by molar-refractivity contribution is 5.85. The Hall–Kier alpha value is 0.170. The lowest BCUT2D eigenvalue weighted by Gasteiger charge is -2.31. The van der Waals surface area contributed by atoms with Crippen LogP contribution in [0, 0.1) is 0 Å². The van der Waals surface area contributed by atoms with E-state index in [1.54, 1.807) is 0 Å². The van der Waals surface area contributed by atoms with Gasteiger partial charge in [-0.15, -0.1) is 12.4 Å². The van der Waals surface area contributed by atoms with E-state index in [1.165, 1.54) is 0 Å². The highest BCUT2D eigenvalue weighted by Crippen LogP contribution is 2.08. The average molecular weight is 209 g/mol. The van der Waals surface area contributed by atoms with Crippen molar-refractivity contribution < 1.29 is 5.11 Å². The Morgan fingerprint density at radius 3 is 2.46 bits per heavy atom. The van der Waals surface area contributed by atoms with E-state index in [0.29, 0.717) is 6.04 Å². The lowest BCUT2D eigenvalue weighted by Crippen LogP contribution is -2.42. The average Bonchev–Trinajstić information content (AvgIpc) is 2.09. The number of β-amino-alcohol motifs (C(OH)–C–C–N with tert-alkyl or cyclic N) is 1. The van der Waals surface area contributed by atoms with E-state index in [1.807, 2.05) is 6.92 Å². The van der Waals surface area contributed by atoms with Gasteiger partial charge in [0.1, 0.15) is 0 Å². The summed E-state index contributed by atoms with van der Waals surface area (Å²) in [5.41, 5.74) is 5.77. The Morgan fingerprint density at radius 1 is 1.46 bits per heavy atom. The molecule has 0 aromatic rings. The lowest BCUT2D eigenvalue weighted by atomic mass is 10.1. The number of likely N-dealkylation sites (tertiary alicyclic amines) is 1. The third-order valence-corrected chi connectivity index (χ3v) is 2.57. The summed E-state index contributed by atoms with van der Waals surface area (Å²) in [6.07, 6.45) is 2.86. The molecule has 1 heterocycles. The van der Waals surface area contributed by atoms with Crippen LogP contribution in [0.5, 0.6) is 0 Å². The summed E-state index contributed by atoms with van der Waals surface area (Å²) in [6, 6.07) is 0.389. The van der Waals surface area contributed by atoms with Gasteiger partial charge in [-0.2, -0.15) is 0 Å². The molecular formula is C9H21ClN2O. The maximum Gasteiger partial charge on any atom is 0.0664 e. The van der Waals surface area contributed by atoms with E-state index >= 15 is 0 Å². The molecule has 0 saturated carbocycles. The molecule has 0 radical (unpaired) electrons. The van der Waals surface area contributed by atoms with Crippen LogP contribution in [-0.2, 0) is 0 Å². The SMILES string of the molecule is CCC(O)CN1CCC(N)CC1.Cl. The van der Waals surface area contributed by atoms with Crippen LogP contribution in [-0.4, -0.2) is 41.8 Å². The largest absolute Gasteiger partial charge is 0.392 e. The van der Waals surface area contributed by atoms with Crippen LogP contribution in [0.25, 0.3) is 0 Å². The predicted molar refractivity (Wildman–Crippen MR) is 57.2 cm³/mol. The molecule has 4 heteroatoms. The van der Waals surface area contributed by atoms with Gasteiger partial charge in [0.15, 0.2) is 0 Å². The van der Waals surface area contributed by atoms with Crippen LogP contribution in [0.15, 0.2) is 0 Å². The molecule has 0 bridgehead atoms. The lowest BCUT2D eigenvalue weighted by molar-refractivity contribution is 0.0948. The number of piperidine rings is 1. The van der Waals surface area contributed by atoms with Gasteiger partial charge in [-0.1, -0.05) is 6.92 Å². The van der Waals surface area contributed by atoms with Crippen LogP contribution in [0.3, 0.4) is 0 Å². The van der Waals surface area contributed by atoms with Gasteiger partial charge in [0, 0.05) is 12.6 Å². The number of aliphatic hydroxyl groups excluding tert-OH is 1. The van der Waals surface area contributed by atoms with Gasteiger partial charge in [0.25, 0.3) is 0 Å². The summed E-state index contributed by atoms with van der Waals surface area (Å²) in [5, 5.41) is 9.40. The maximum absolute atomic E-state index is 9.40. The molecule has 0 amide bonds. The Labute approximate surface area is 86.7 Å². The second-order valence-electron chi connectivity index (χ2n) is 3.70. The maximum atomic E-state index is 9.40. The van der Waals surface area contributed by atoms with Crippen molar-refractivity contribution in [1.82, 2.24) is 4.90 Å². The molecule has 0 spiro atoms. The summed E-state index contributed by atoms with van der Waals surface area (Å²) >= 11 is 0. The molecule has 0 aromatic heterocycles. The smallest absolute Gasteiger partial charge is 0.0664 e. The number of nitrogens with two attached hydrogens (primary N) is 1. The molecule has 1 atom stereocenters. The fraction of sp³-hybridized carbons (Fsp3) is 1.00. The van der Waals surface area contributed by atoms with Crippen LogP contribution in [0.1, 0.15) is 26.2 Å². The number of rotatable bonds is 3. The first-order chi connectivity index (χ1) is 5.72. The Morgan fingerprint density at radius 2 is 2.00 bits per heavy atom. The summed E-state index contributed by atoms with van der Waals surface area (Å²) in [4.78, 5) is 2.30. The summed E-state index contributed by atoms with van der Waals surface area (Å²) in [5.74, 6) is 0. The summed E-state index contributed by atoms with van der Waals surface area (Å²) in [6.45, 7) is 4.94. The molecule has 1 saturated heterocycles. The monoisotopic (exact) mass is 208 g/mol. The molecule has 80 valence electrons. The Bertz CT molecular complexity index is 127. The van der Waals surface area contributed by atoms with Gasteiger partial charge in [-0.3, -0.25) is 0 Å². The molecule has 0 aromatic carbocycles. The van der Waals surface area contributed by atoms with Crippen molar-refractivity contribution >= 4 is 12.4 Å². The second kappa shape index (κ2) is 6.60. The van der Waals surface area contributed by atoms with E-state index in [9.17, 15) is 5.11 Å². The molecule has 1 aliphatic heterocycles. The minimum Gasteiger partial charge on any atom is -0.392 e. The third-order valence-electron chi connectivity index (χ3n) is 2.57. The van der Waals surface area contributed by atoms with E-state index < -0.39 is 0 Å². The molecule has 13 heavy (non-hydrogen) atoms. The first kappa shape index (κ1) is 13.2. The Balaban J connectivity index is 0.00000144. The number of halogens is 1. The van der Waals surface area contributed by atoms with Gasteiger partial charge >= 0.3 is 0 Å². The molecule has 0 aliphatic carbocycles. The molecule has 1 rings (SSSR count). The van der Waals surface area contributed by atoms with Crippen LogP contribution < -0.4 is 5.73 Å². The molecule has 3 nitrogen and oxygen atoms in total. The van der Waals surface area contributed by atoms with Crippen LogP contribution in [0.4, 0.5) is 0 Å². The van der Waals surface area contributed by atoms with Crippen molar-refractivity contribution in [3.05, 3.63) is 0 Å². The highest BCUT2D eigenvalue weighted by Gasteiger charge is 2.17. The zero-order valence-corrected chi connectivity index (χ0v) is 9.09. The Kier molecular flexibility index (Phi) is 6.68. The van der Waals surface area contributed by atoms with Crippen molar-refractivity contribution in [1.29, 1.82) is 0 Å². The summed E-state index contributed by atoms with van der Waals surface area (Å²) in [7, 11) is 0. The van der Waals surface area contributed by atoms with Crippen molar-refractivity contribution in [3.8, 4) is 0 Å². The van der Waals surface area contributed by atoms with Crippen LogP contribution >= 0.6 is 12.4 Å². The highest BCUT2D eigenvalue weighted by atomic mass is 35.5. The van der Waals surface area contributed by atoms with Crippen molar-refractivity contribution in [2.45, 2.75) is 38.3 Å². The quantitative estimate of drug-likeness (QED) is 0.715. The number of hydrogen-bond donors (Lipinski definition) is 2. The third kappa shape index (κ3) is 4.81.